The standard InChI is InChI=1S/C24H28N4O2/c1-24(2,30-20-9-5-7-16-6-3-4-8-19(16)20)23(29)25-18-12-13-21-26-27-22(17-10-11-17)28(21)15-14-18/h3-9,17-18H,10-15H2,1-2H3,(H,25,29). The summed E-state index contributed by atoms with van der Waals surface area (Å²) in [4.78, 5) is 13.1. The smallest absolute Gasteiger partial charge is 0.263 e. The SMILES string of the molecule is CC(C)(Oc1cccc2ccccc12)C(=O)NC1CCc2nnc(C3CC3)n2CC1. The van der Waals surface area contributed by atoms with Gasteiger partial charge in [-0.25, -0.2) is 0 Å². The van der Waals surface area contributed by atoms with Crippen molar-refractivity contribution >= 4 is 16.7 Å². The minimum atomic E-state index is -0.968. The third-order valence-corrected chi connectivity index (χ3v) is 6.21. The van der Waals surface area contributed by atoms with Crippen LogP contribution in [0, 0.1) is 0 Å². The van der Waals surface area contributed by atoms with Crippen LogP contribution in [0.5, 0.6) is 5.75 Å². The Hall–Kier alpha value is -2.89. The van der Waals surface area contributed by atoms with Gasteiger partial charge < -0.3 is 14.6 Å². The predicted octanol–water partition coefficient (Wildman–Crippen LogP) is 3.99. The van der Waals surface area contributed by atoms with Gasteiger partial charge in [0.2, 0.25) is 0 Å². The van der Waals surface area contributed by atoms with Crippen LogP contribution in [0.4, 0.5) is 0 Å². The Morgan fingerprint density at radius 2 is 1.87 bits per heavy atom. The van der Waals surface area contributed by atoms with Crippen molar-refractivity contribution in [3.05, 3.63) is 54.1 Å². The number of ether oxygens (including phenoxy) is 1. The number of fused-ring (bicyclic) bond motifs is 2. The van der Waals surface area contributed by atoms with Gasteiger partial charge in [0.05, 0.1) is 0 Å². The average Bonchev–Trinajstić information content (AvgIpc) is 3.53. The molecule has 1 fully saturated rings. The number of benzene rings is 2. The number of nitrogens with one attached hydrogen (secondary N) is 1. The second kappa shape index (κ2) is 7.42. The largest absolute Gasteiger partial charge is 0.477 e. The zero-order valence-electron chi connectivity index (χ0n) is 17.6. The summed E-state index contributed by atoms with van der Waals surface area (Å²) in [7, 11) is 0. The van der Waals surface area contributed by atoms with Gasteiger partial charge in [0.15, 0.2) is 5.60 Å². The number of aromatic nitrogens is 3. The van der Waals surface area contributed by atoms with Crippen LogP contribution >= 0.6 is 0 Å². The Bertz CT molecular complexity index is 1080. The molecule has 1 saturated carbocycles. The highest BCUT2D eigenvalue weighted by Gasteiger charge is 2.34. The maximum atomic E-state index is 13.1. The van der Waals surface area contributed by atoms with E-state index in [1.807, 2.05) is 44.2 Å². The fraction of sp³-hybridized carbons (Fsp3) is 0.458. The molecule has 1 aliphatic carbocycles. The first kappa shape index (κ1) is 19.1. The lowest BCUT2D eigenvalue weighted by Crippen LogP contribution is -2.50. The van der Waals surface area contributed by atoms with Crippen molar-refractivity contribution in [1.82, 2.24) is 20.1 Å². The van der Waals surface area contributed by atoms with Crippen LogP contribution in [-0.2, 0) is 17.8 Å². The van der Waals surface area contributed by atoms with Crippen LogP contribution in [0.3, 0.4) is 0 Å². The number of amides is 1. The van der Waals surface area contributed by atoms with Crippen LogP contribution in [-0.4, -0.2) is 32.3 Å². The second-order valence-electron chi connectivity index (χ2n) is 8.99. The second-order valence-corrected chi connectivity index (χ2v) is 8.99. The van der Waals surface area contributed by atoms with Gasteiger partial charge >= 0.3 is 0 Å². The molecule has 1 N–H and O–H groups in total. The van der Waals surface area contributed by atoms with E-state index in [-0.39, 0.29) is 11.9 Å². The first-order valence-electron chi connectivity index (χ1n) is 10.9. The molecule has 2 aliphatic rings. The molecule has 6 heteroatoms. The Kier molecular flexibility index (Phi) is 4.72. The van der Waals surface area contributed by atoms with Crippen molar-refractivity contribution < 1.29 is 9.53 Å². The molecule has 0 bridgehead atoms. The van der Waals surface area contributed by atoms with Crippen LogP contribution in [0.2, 0.25) is 0 Å². The Morgan fingerprint density at radius 1 is 1.07 bits per heavy atom. The minimum Gasteiger partial charge on any atom is -0.477 e. The molecule has 2 aromatic carbocycles. The molecule has 1 aromatic heterocycles. The van der Waals surface area contributed by atoms with E-state index in [0.29, 0.717) is 5.92 Å². The molecule has 2 heterocycles. The number of aryl methyl sites for hydroxylation is 1. The molecule has 1 amide bonds. The molecular weight excluding hydrogens is 376 g/mol. The first-order valence-corrected chi connectivity index (χ1v) is 10.9. The number of nitrogens with zero attached hydrogens (tertiary/aromatic N) is 3. The summed E-state index contributed by atoms with van der Waals surface area (Å²) in [5.41, 5.74) is -0.968. The first-order chi connectivity index (χ1) is 14.5. The fourth-order valence-corrected chi connectivity index (χ4v) is 4.26. The van der Waals surface area contributed by atoms with Crippen molar-refractivity contribution in [3.8, 4) is 5.75 Å². The van der Waals surface area contributed by atoms with E-state index in [2.05, 4.69) is 32.2 Å². The van der Waals surface area contributed by atoms with Crippen LogP contribution in [0.25, 0.3) is 10.8 Å². The zero-order chi connectivity index (χ0) is 20.7. The van der Waals surface area contributed by atoms with E-state index in [4.69, 9.17) is 4.74 Å². The molecule has 3 aromatic rings. The topological polar surface area (TPSA) is 69.0 Å². The van der Waals surface area contributed by atoms with E-state index >= 15 is 0 Å². The van der Waals surface area contributed by atoms with Gasteiger partial charge in [0, 0.05) is 30.3 Å². The predicted molar refractivity (Wildman–Crippen MR) is 116 cm³/mol. The summed E-state index contributed by atoms with van der Waals surface area (Å²) in [5, 5.41) is 14.2. The Labute approximate surface area is 176 Å². The molecule has 6 nitrogen and oxygen atoms in total. The van der Waals surface area contributed by atoms with Gasteiger partial charge in [0.25, 0.3) is 5.91 Å². The molecular formula is C24H28N4O2. The van der Waals surface area contributed by atoms with Gasteiger partial charge in [-0.15, -0.1) is 10.2 Å². The minimum absolute atomic E-state index is 0.0829. The van der Waals surface area contributed by atoms with Crippen molar-refractivity contribution in [3.63, 3.8) is 0 Å². The fourth-order valence-electron chi connectivity index (χ4n) is 4.26. The number of carbonyl (C=O) groups excluding carboxylic acids is 1. The Balaban J connectivity index is 1.26. The quantitative estimate of drug-likeness (QED) is 0.698. The molecule has 1 unspecified atom stereocenters. The summed E-state index contributed by atoms with van der Waals surface area (Å²) in [6, 6.07) is 14.1. The third kappa shape index (κ3) is 3.66. The molecule has 1 atom stereocenters. The normalized spacial score (nSPS) is 19.2. The summed E-state index contributed by atoms with van der Waals surface area (Å²) in [5.74, 6) is 3.43. The Morgan fingerprint density at radius 3 is 2.70 bits per heavy atom. The molecule has 0 saturated heterocycles. The number of hydrogen-bond acceptors (Lipinski definition) is 4. The molecule has 0 radical (unpaired) electrons. The maximum absolute atomic E-state index is 13.1. The monoisotopic (exact) mass is 404 g/mol. The van der Waals surface area contributed by atoms with Gasteiger partial charge in [-0.05, 0) is 51.0 Å². The summed E-state index contributed by atoms with van der Waals surface area (Å²) in [6.07, 6.45) is 5.05. The van der Waals surface area contributed by atoms with E-state index in [0.717, 1.165) is 54.0 Å². The number of hydrogen-bond donors (Lipinski definition) is 1. The molecule has 30 heavy (non-hydrogen) atoms. The summed E-state index contributed by atoms with van der Waals surface area (Å²) >= 11 is 0. The number of rotatable bonds is 5. The third-order valence-electron chi connectivity index (χ3n) is 6.21. The van der Waals surface area contributed by atoms with Crippen molar-refractivity contribution in [2.45, 2.75) is 70.1 Å². The summed E-state index contributed by atoms with van der Waals surface area (Å²) < 4.78 is 8.50. The lowest BCUT2D eigenvalue weighted by atomic mass is 10.0. The van der Waals surface area contributed by atoms with Gasteiger partial charge in [-0.2, -0.15) is 0 Å². The van der Waals surface area contributed by atoms with Crippen LogP contribution in [0.15, 0.2) is 42.5 Å². The summed E-state index contributed by atoms with van der Waals surface area (Å²) in [6.45, 7) is 4.53. The highest BCUT2D eigenvalue weighted by Crippen LogP contribution is 2.39. The van der Waals surface area contributed by atoms with Gasteiger partial charge in [-0.3, -0.25) is 4.79 Å². The van der Waals surface area contributed by atoms with Crippen molar-refractivity contribution in [1.29, 1.82) is 0 Å². The van der Waals surface area contributed by atoms with Crippen LogP contribution < -0.4 is 10.1 Å². The average molecular weight is 405 g/mol. The van der Waals surface area contributed by atoms with Crippen molar-refractivity contribution in [2.24, 2.45) is 0 Å². The number of carbonyl (C=O) groups is 1. The van der Waals surface area contributed by atoms with Crippen LogP contribution in [0.1, 0.15) is 57.1 Å². The lowest BCUT2D eigenvalue weighted by Gasteiger charge is -2.28. The lowest BCUT2D eigenvalue weighted by molar-refractivity contribution is -0.135. The highest BCUT2D eigenvalue weighted by atomic mass is 16.5. The molecule has 1 aliphatic heterocycles. The molecule has 156 valence electrons. The molecule has 5 rings (SSSR count). The van der Waals surface area contributed by atoms with E-state index < -0.39 is 5.60 Å². The van der Waals surface area contributed by atoms with Gasteiger partial charge in [-0.1, -0.05) is 36.4 Å². The zero-order valence-corrected chi connectivity index (χ0v) is 17.6. The highest BCUT2D eigenvalue weighted by molar-refractivity contribution is 5.90. The van der Waals surface area contributed by atoms with Crippen molar-refractivity contribution in [2.75, 3.05) is 0 Å². The molecule has 0 spiro atoms. The van der Waals surface area contributed by atoms with E-state index in [1.165, 1.54) is 12.8 Å². The maximum Gasteiger partial charge on any atom is 0.263 e. The van der Waals surface area contributed by atoms with Gasteiger partial charge in [0.1, 0.15) is 17.4 Å². The van der Waals surface area contributed by atoms with E-state index in [1.54, 1.807) is 0 Å². The van der Waals surface area contributed by atoms with E-state index in [9.17, 15) is 4.79 Å².